The van der Waals surface area contributed by atoms with Gasteiger partial charge in [-0.1, -0.05) is 18.7 Å². The van der Waals surface area contributed by atoms with Gasteiger partial charge in [-0.25, -0.2) is 9.97 Å². The zero-order valence-corrected chi connectivity index (χ0v) is 20.7. The maximum absolute atomic E-state index is 12.6. The molecule has 1 unspecified atom stereocenters. The number of amides is 1. The van der Waals surface area contributed by atoms with Gasteiger partial charge in [-0.15, -0.1) is 32.9 Å². The Morgan fingerprint density at radius 1 is 1.19 bits per heavy atom. The average molecular weight is 485 g/mol. The Kier molecular flexibility index (Phi) is 5.00. The number of thioether (sulfide) groups is 1. The van der Waals surface area contributed by atoms with E-state index < -0.39 is 0 Å². The minimum atomic E-state index is -0.0793. The second kappa shape index (κ2) is 7.78. The Hall–Kier alpha value is -2.04. The van der Waals surface area contributed by atoms with E-state index in [0.717, 1.165) is 63.6 Å². The summed E-state index contributed by atoms with van der Waals surface area (Å²) in [6.45, 7) is 6.30. The van der Waals surface area contributed by atoms with Gasteiger partial charge >= 0.3 is 0 Å². The number of thiophene rings is 1. The van der Waals surface area contributed by atoms with E-state index in [0.29, 0.717) is 11.0 Å². The fourth-order valence-corrected chi connectivity index (χ4v) is 7.31. The molecule has 1 saturated carbocycles. The Morgan fingerprint density at radius 3 is 2.78 bits per heavy atom. The van der Waals surface area contributed by atoms with Crippen molar-refractivity contribution < 1.29 is 4.79 Å². The Labute approximate surface area is 198 Å². The summed E-state index contributed by atoms with van der Waals surface area (Å²) >= 11 is 4.77. The van der Waals surface area contributed by atoms with Crippen molar-refractivity contribution in [2.45, 2.75) is 63.9 Å². The molecule has 0 saturated heterocycles. The molecule has 10 heteroatoms. The normalized spacial score (nSPS) is 18.4. The van der Waals surface area contributed by atoms with Crippen molar-refractivity contribution in [2.24, 2.45) is 5.92 Å². The average Bonchev–Trinajstić information content (AvgIpc) is 3.30. The zero-order valence-electron chi connectivity index (χ0n) is 18.3. The fourth-order valence-electron chi connectivity index (χ4n) is 4.36. The maximum Gasteiger partial charge on any atom is 0.236 e. The number of thiazole rings is 1. The van der Waals surface area contributed by atoms with Crippen LogP contribution in [0.2, 0.25) is 0 Å². The number of fused-ring (bicyclic) bond motifs is 5. The lowest BCUT2D eigenvalue weighted by Gasteiger charge is -2.17. The summed E-state index contributed by atoms with van der Waals surface area (Å²) in [5.74, 6) is 2.43. The van der Waals surface area contributed by atoms with E-state index in [2.05, 4.69) is 31.8 Å². The third-order valence-electron chi connectivity index (χ3n) is 6.34. The van der Waals surface area contributed by atoms with Crippen molar-refractivity contribution in [3.8, 4) is 0 Å². The molecule has 0 bridgehead atoms. The number of aryl methyl sites for hydroxylation is 3. The molecule has 0 aromatic carbocycles. The number of rotatable bonds is 5. The molecular formula is C22H24N6OS3. The Balaban J connectivity index is 1.34. The van der Waals surface area contributed by atoms with Crippen LogP contribution in [0.4, 0.5) is 5.13 Å². The van der Waals surface area contributed by atoms with Gasteiger partial charge in [0.1, 0.15) is 10.7 Å². The molecule has 4 aromatic rings. The first kappa shape index (κ1) is 20.6. The van der Waals surface area contributed by atoms with Gasteiger partial charge in [-0.05, 0) is 57.4 Å². The van der Waals surface area contributed by atoms with Crippen LogP contribution in [0.15, 0.2) is 5.16 Å². The molecule has 2 aliphatic carbocycles. The second-order valence-electron chi connectivity index (χ2n) is 8.92. The van der Waals surface area contributed by atoms with Gasteiger partial charge in [-0.2, -0.15) is 0 Å². The summed E-state index contributed by atoms with van der Waals surface area (Å²) in [5.41, 5.74) is 3.29. The number of nitrogens with zero attached hydrogens (tertiary/aromatic N) is 5. The molecule has 4 heterocycles. The smallest absolute Gasteiger partial charge is 0.236 e. The third kappa shape index (κ3) is 3.52. The predicted molar refractivity (Wildman–Crippen MR) is 130 cm³/mol. The standard InChI is InChI=1S/C22H24N6OS3/c1-10-4-7-14-15(8-10)32-20-17(14)19-26-27-22(28(19)18(25-20)13-5-6-13)30-9-16(29)24-21-23-11(2)12(3)31-21/h10,13H,4-9H2,1-3H3,(H,23,24,29). The molecule has 32 heavy (non-hydrogen) atoms. The summed E-state index contributed by atoms with van der Waals surface area (Å²) in [6, 6.07) is 0. The Bertz CT molecular complexity index is 1350. The highest BCUT2D eigenvalue weighted by Crippen LogP contribution is 2.44. The minimum absolute atomic E-state index is 0.0793. The molecule has 4 aromatic heterocycles. The molecule has 1 atom stereocenters. The van der Waals surface area contributed by atoms with Crippen LogP contribution in [-0.4, -0.2) is 36.2 Å². The molecule has 7 nitrogen and oxygen atoms in total. The molecule has 6 rings (SSSR count). The molecule has 1 amide bonds. The summed E-state index contributed by atoms with van der Waals surface area (Å²) < 4.78 is 2.13. The van der Waals surface area contributed by atoms with Crippen molar-refractivity contribution in [3.63, 3.8) is 0 Å². The molecule has 0 spiro atoms. The van der Waals surface area contributed by atoms with Crippen LogP contribution in [0.3, 0.4) is 0 Å². The number of aromatic nitrogens is 5. The lowest BCUT2D eigenvalue weighted by Crippen LogP contribution is -2.14. The number of carbonyl (C=O) groups is 1. The van der Waals surface area contributed by atoms with Gasteiger partial charge in [0.15, 0.2) is 15.9 Å². The van der Waals surface area contributed by atoms with Crippen LogP contribution < -0.4 is 5.32 Å². The van der Waals surface area contributed by atoms with Gasteiger partial charge in [0.05, 0.1) is 16.8 Å². The largest absolute Gasteiger partial charge is 0.301 e. The van der Waals surface area contributed by atoms with Crippen LogP contribution in [0, 0.1) is 19.8 Å². The van der Waals surface area contributed by atoms with Gasteiger partial charge < -0.3 is 5.32 Å². The molecule has 2 aliphatic rings. The van der Waals surface area contributed by atoms with E-state index in [9.17, 15) is 4.79 Å². The lowest BCUT2D eigenvalue weighted by molar-refractivity contribution is -0.113. The first-order valence-corrected chi connectivity index (χ1v) is 13.7. The topological polar surface area (TPSA) is 85.1 Å². The van der Waals surface area contributed by atoms with Gasteiger partial charge in [0.2, 0.25) is 5.91 Å². The minimum Gasteiger partial charge on any atom is -0.301 e. The summed E-state index contributed by atoms with van der Waals surface area (Å²) in [4.78, 5) is 25.8. The van der Waals surface area contributed by atoms with E-state index in [1.165, 1.54) is 45.3 Å². The maximum atomic E-state index is 12.6. The van der Waals surface area contributed by atoms with E-state index in [-0.39, 0.29) is 11.7 Å². The first-order chi connectivity index (χ1) is 15.5. The molecule has 1 fully saturated rings. The van der Waals surface area contributed by atoms with Crippen molar-refractivity contribution in [2.75, 3.05) is 11.1 Å². The SMILES string of the molecule is Cc1nc(NC(=O)CSc2nnc3c4c5c(sc4nc(C4CC4)n23)CC(C)CC5)sc1C. The fraction of sp³-hybridized carbons (Fsp3) is 0.500. The zero-order chi connectivity index (χ0) is 22.0. The number of carbonyl (C=O) groups excluding carboxylic acids is 1. The predicted octanol–water partition coefficient (Wildman–Crippen LogP) is 5.15. The van der Waals surface area contributed by atoms with Crippen LogP contribution >= 0.6 is 34.4 Å². The van der Waals surface area contributed by atoms with Crippen molar-refractivity contribution in [1.29, 1.82) is 0 Å². The summed E-state index contributed by atoms with van der Waals surface area (Å²) in [5, 5.41) is 14.6. The van der Waals surface area contributed by atoms with Crippen LogP contribution in [0.1, 0.15) is 58.9 Å². The number of hydrogen-bond donors (Lipinski definition) is 1. The molecule has 1 N–H and O–H groups in total. The lowest BCUT2D eigenvalue weighted by atomic mass is 9.89. The van der Waals surface area contributed by atoms with E-state index in [4.69, 9.17) is 4.98 Å². The van der Waals surface area contributed by atoms with Gasteiger partial charge in [0.25, 0.3) is 0 Å². The monoisotopic (exact) mass is 484 g/mol. The van der Waals surface area contributed by atoms with Gasteiger partial charge in [-0.3, -0.25) is 9.20 Å². The van der Waals surface area contributed by atoms with Crippen molar-refractivity contribution >= 4 is 61.3 Å². The van der Waals surface area contributed by atoms with E-state index >= 15 is 0 Å². The molecule has 0 radical (unpaired) electrons. The third-order valence-corrected chi connectivity index (χ3v) is 9.41. The van der Waals surface area contributed by atoms with Gasteiger partial charge in [0, 0.05) is 15.7 Å². The quantitative estimate of drug-likeness (QED) is 0.395. The summed E-state index contributed by atoms with van der Waals surface area (Å²) in [7, 11) is 0. The highest BCUT2D eigenvalue weighted by atomic mass is 32.2. The first-order valence-electron chi connectivity index (χ1n) is 11.0. The molecule has 166 valence electrons. The number of anilines is 1. The van der Waals surface area contributed by atoms with Crippen LogP contribution in [-0.2, 0) is 17.6 Å². The number of nitrogens with one attached hydrogen (secondary N) is 1. The highest BCUT2D eigenvalue weighted by molar-refractivity contribution is 7.99. The second-order valence-corrected chi connectivity index (χ2v) is 12.1. The number of hydrogen-bond acceptors (Lipinski definition) is 8. The van der Waals surface area contributed by atoms with Crippen molar-refractivity contribution in [3.05, 3.63) is 26.8 Å². The van der Waals surface area contributed by atoms with Crippen LogP contribution in [0.5, 0.6) is 0 Å². The van der Waals surface area contributed by atoms with Crippen LogP contribution in [0.25, 0.3) is 15.9 Å². The molecular weight excluding hydrogens is 460 g/mol. The molecule has 0 aliphatic heterocycles. The highest BCUT2D eigenvalue weighted by Gasteiger charge is 2.32. The Morgan fingerprint density at radius 2 is 2.03 bits per heavy atom. The van der Waals surface area contributed by atoms with Crippen molar-refractivity contribution in [1.82, 2.24) is 24.6 Å². The van der Waals surface area contributed by atoms with E-state index in [1.807, 2.05) is 25.2 Å². The van der Waals surface area contributed by atoms with E-state index in [1.54, 1.807) is 0 Å². The summed E-state index contributed by atoms with van der Waals surface area (Å²) in [6.07, 6.45) is 5.73.